The number of nitrogens with zero attached hydrogens (tertiary/aromatic N) is 2. The predicted molar refractivity (Wildman–Crippen MR) is 54.9 cm³/mol. The lowest BCUT2D eigenvalue weighted by Gasteiger charge is -2.06. The Kier molecular flexibility index (Phi) is 4.79. The van der Waals surface area contributed by atoms with E-state index in [4.69, 9.17) is 0 Å². The molecular weight excluding hydrogens is 219 g/mol. The van der Waals surface area contributed by atoms with Gasteiger partial charge in [0.1, 0.15) is 0 Å². The molecule has 92 valence electrons. The van der Waals surface area contributed by atoms with Gasteiger partial charge in [-0.1, -0.05) is 0 Å². The Bertz CT molecular complexity index is 307. The molecule has 16 heavy (non-hydrogen) atoms. The molecular formula is C10H16F3N3. The average Bonchev–Trinajstić information content (AvgIpc) is 2.63. The van der Waals surface area contributed by atoms with Gasteiger partial charge in [0.2, 0.25) is 0 Å². The zero-order valence-electron chi connectivity index (χ0n) is 9.22. The molecule has 0 fully saturated rings. The van der Waals surface area contributed by atoms with E-state index in [2.05, 4.69) is 10.4 Å². The highest BCUT2D eigenvalue weighted by atomic mass is 19.4. The van der Waals surface area contributed by atoms with Crippen LogP contribution in [0.25, 0.3) is 0 Å². The van der Waals surface area contributed by atoms with Gasteiger partial charge in [-0.05, 0) is 19.9 Å². The lowest BCUT2D eigenvalue weighted by Crippen LogP contribution is -2.17. The van der Waals surface area contributed by atoms with Gasteiger partial charge in [-0.15, -0.1) is 0 Å². The van der Waals surface area contributed by atoms with Crippen LogP contribution >= 0.6 is 0 Å². The molecule has 0 unspecified atom stereocenters. The molecule has 0 bridgehead atoms. The minimum absolute atomic E-state index is 0.116. The lowest BCUT2D eigenvalue weighted by molar-refractivity contribution is -0.135. The third-order valence-corrected chi connectivity index (χ3v) is 2.15. The summed E-state index contributed by atoms with van der Waals surface area (Å²) >= 11 is 0. The van der Waals surface area contributed by atoms with Crippen LogP contribution in [0.1, 0.15) is 25.3 Å². The van der Waals surface area contributed by atoms with E-state index in [0.29, 0.717) is 13.1 Å². The van der Waals surface area contributed by atoms with E-state index in [0.717, 1.165) is 12.1 Å². The molecule has 6 heteroatoms. The van der Waals surface area contributed by atoms with Crippen molar-refractivity contribution in [2.24, 2.45) is 0 Å². The first-order valence-electron chi connectivity index (χ1n) is 5.30. The van der Waals surface area contributed by atoms with Crippen LogP contribution in [0, 0.1) is 0 Å². The summed E-state index contributed by atoms with van der Waals surface area (Å²) < 4.78 is 37.2. The van der Waals surface area contributed by atoms with Crippen LogP contribution in [0.3, 0.4) is 0 Å². The second kappa shape index (κ2) is 5.89. The van der Waals surface area contributed by atoms with Gasteiger partial charge < -0.3 is 5.32 Å². The van der Waals surface area contributed by atoms with Crippen molar-refractivity contribution < 1.29 is 13.2 Å². The number of rotatable bonds is 6. The normalized spacial score (nSPS) is 12.0. The lowest BCUT2D eigenvalue weighted by atomic mass is 10.3. The third kappa shape index (κ3) is 5.16. The smallest absolute Gasteiger partial charge is 0.313 e. The Morgan fingerprint density at radius 3 is 2.75 bits per heavy atom. The summed E-state index contributed by atoms with van der Waals surface area (Å²) in [6.07, 6.45) is -1.05. The van der Waals surface area contributed by atoms with Crippen molar-refractivity contribution in [1.82, 2.24) is 15.1 Å². The van der Waals surface area contributed by atoms with Crippen molar-refractivity contribution in [3.63, 3.8) is 0 Å². The monoisotopic (exact) mass is 235 g/mol. The fourth-order valence-corrected chi connectivity index (χ4v) is 1.32. The first-order chi connectivity index (χ1) is 7.51. The SMILES string of the molecule is CCn1cc(CNCCCC(F)(F)F)cn1. The average molecular weight is 235 g/mol. The van der Waals surface area contributed by atoms with Gasteiger partial charge in [0, 0.05) is 31.3 Å². The Morgan fingerprint density at radius 2 is 2.19 bits per heavy atom. The van der Waals surface area contributed by atoms with Crippen LogP contribution in [-0.4, -0.2) is 22.5 Å². The Balaban J connectivity index is 2.11. The second-order valence-electron chi connectivity index (χ2n) is 3.60. The zero-order chi connectivity index (χ0) is 12.0. The number of aromatic nitrogens is 2. The summed E-state index contributed by atoms with van der Waals surface area (Å²) in [6, 6.07) is 0. The van der Waals surface area contributed by atoms with Gasteiger partial charge in [0.25, 0.3) is 0 Å². The zero-order valence-corrected chi connectivity index (χ0v) is 9.22. The summed E-state index contributed by atoms with van der Waals surface area (Å²) in [5, 5.41) is 7.03. The standard InChI is InChI=1S/C10H16F3N3/c1-2-16-8-9(7-15-16)6-14-5-3-4-10(11,12)13/h7-8,14H,2-6H2,1H3. The van der Waals surface area contributed by atoms with Gasteiger partial charge in [-0.3, -0.25) is 4.68 Å². The van der Waals surface area contributed by atoms with Crippen molar-refractivity contribution in [3.8, 4) is 0 Å². The molecule has 0 radical (unpaired) electrons. The van der Waals surface area contributed by atoms with Crippen molar-refractivity contribution >= 4 is 0 Å². The van der Waals surface area contributed by atoms with Crippen LogP contribution in [0.2, 0.25) is 0 Å². The number of hydrogen-bond donors (Lipinski definition) is 1. The molecule has 1 heterocycles. The van der Waals surface area contributed by atoms with Crippen LogP contribution in [0.4, 0.5) is 13.2 Å². The van der Waals surface area contributed by atoms with E-state index >= 15 is 0 Å². The van der Waals surface area contributed by atoms with Crippen molar-refractivity contribution in [2.75, 3.05) is 6.54 Å². The molecule has 0 saturated carbocycles. The molecule has 0 saturated heterocycles. The molecule has 1 rings (SSSR count). The maximum absolute atomic E-state index is 11.8. The van der Waals surface area contributed by atoms with E-state index in [-0.39, 0.29) is 6.42 Å². The fourth-order valence-electron chi connectivity index (χ4n) is 1.32. The molecule has 0 aliphatic heterocycles. The summed E-state index contributed by atoms with van der Waals surface area (Å²) in [7, 11) is 0. The highest BCUT2D eigenvalue weighted by Gasteiger charge is 2.25. The van der Waals surface area contributed by atoms with Crippen LogP contribution < -0.4 is 5.32 Å². The minimum Gasteiger partial charge on any atom is -0.313 e. The van der Waals surface area contributed by atoms with Gasteiger partial charge >= 0.3 is 6.18 Å². The number of nitrogens with one attached hydrogen (secondary N) is 1. The Morgan fingerprint density at radius 1 is 1.44 bits per heavy atom. The van der Waals surface area contributed by atoms with Crippen LogP contribution in [-0.2, 0) is 13.1 Å². The molecule has 1 aromatic rings. The molecule has 1 aromatic heterocycles. The van der Waals surface area contributed by atoms with Gasteiger partial charge in [0.05, 0.1) is 6.20 Å². The molecule has 0 aromatic carbocycles. The molecule has 0 amide bonds. The summed E-state index contributed by atoms with van der Waals surface area (Å²) in [6.45, 7) is 3.72. The molecule has 0 spiro atoms. The summed E-state index contributed by atoms with van der Waals surface area (Å²) in [5.41, 5.74) is 0.994. The largest absolute Gasteiger partial charge is 0.389 e. The molecule has 0 atom stereocenters. The first kappa shape index (κ1) is 13.0. The van der Waals surface area contributed by atoms with Gasteiger partial charge in [-0.2, -0.15) is 18.3 Å². The fraction of sp³-hybridized carbons (Fsp3) is 0.700. The molecule has 0 aliphatic rings. The van der Waals surface area contributed by atoms with Gasteiger partial charge in [0.15, 0.2) is 0 Å². The van der Waals surface area contributed by atoms with Crippen molar-refractivity contribution in [2.45, 2.75) is 39.0 Å². The highest BCUT2D eigenvalue weighted by molar-refractivity contribution is 5.02. The topological polar surface area (TPSA) is 29.9 Å². The van der Waals surface area contributed by atoms with E-state index in [1.807, 2.05) is 13.1 Å². The molecule has 3 nitrogen and oxygen atoms in total. The van der Waals surface area contributed by atoms with Crippen LogP contribution in [0.5, 0.6) is 0 Å². The number of alkyl halides is 3. The van der Waals surface area contributed by atoms with E-state index in [1.54, 1.807) is 10.9 Å². The summed E-state index contributed by atoms with van der Waals surface area (Å²) in [4.78, 5) is 0. The number of aryl methyl sites for hydroxylation is 1. The maximum atomic E-state index is 11.8. The number of halogens is 3. The van der Waals surface area contributed by atoms with E-state index < -0.39 is 12.6 Å². The highest BCUT2D eigenvalue weighted by Crippen LogP contribution is 2.20. The third-order valence-electron chi connectivity index (χ3n) is 2.15. The predicted octanol–water partition coefficient (Wildman–Crippen LogP) is 2.34. The maximum Gasteiger partial charge on any atom is 0.389 e. The quantitative estimate of drug-likeness (QED) is 0.767. The second-order valence-corrected chi connectivity index (χ2v) is 3.60. The Labute approximate surface area is 92.6 Å². The van der Waals surface area contributed by atoms with Gasteiger partial charge in [-0.25, -0.2) is 0 Å². The van der Waals surface area contributed by atoms with Crippen molar-refractivity contribution in [3.05, 3.63) is 18.0 Å². The number of hydrogen-bond acceptors (Lipinski definition) is 2. The van der Waals surface area contributed by atoms with Crippen LogP contribution in [0.15, 0.2) is 12.4 Å². The first-order valence-corrected chi connectivity index (χ1v) is 5.30. The van der Waals surface area contributed by atoms with E-state index in [9.17, 15) is 13.2 Å². The Hall–Kier alpha value is -1.04. The molecule has 0 aliphatic carbocycles. The summed E-state index contributed by atoms with van der Waals surface area (Å²) in [5.74, 6) is 0. The molecule has 1 N–H and O–H groups in total. The van der Waals surface area contributed by atoms with E-state index in [1.165, 1.54) is 0 Å². The van der Waals surface area contributed by atoms with Crippen molar-refractivity contribution in [1.29, 1.82) is 0 Å². The minimum atomic E-state index is -4.05.